The minimum Gasteiger partial charge on any atom is -0.493 e. The van der Waals surface area contributed by atoms with E-state index >= 15 is 0 Å². The van der Waals surface area contributed by atoms with Crippen molar-refractivity contribution < 1.29 is 9.47 Å². The van der Waals surface area contributed by atoms with Crippen molar-refractivity contribution >= 4 is 17.4 Å². The molecule has 0 radical (unpaired) electrons. The van der Waals surface area contributed by atoms with Crippen LogP contribution in [0.1, 0.15) is 0 Å². The van der Waals surface area contributed by atoms with Gasteiger partial charge in [-0.25, -0.2) is 4.98 Å². The van der Waals surface area contributed by atoms with Gasteiger partial charge in [-0.05, 0) is 23.8 Å². The van der Waals surface area contributed by atoms with Crippen LogP contribution in [-0.4, -0.2) is 19.2 Å². The Hall–Kier alpha value is -1.94. The molecule has 5 heteroatoms. The monoisotopic (exact) mass is 264 g/mol. The maximum Gasteiger partial charge on any atom is 0.161 e. The maximum atomic E-state index is 5.92. The maximum absolute atomic E-state index is 5.92. The van der Waals surface area contributed by atoms with Crippen molar-refractivity contribution in [3.63, 3.8) is 0 Å². The summed E-state index contributed by atoms with van der Waals surface area (Å²) >= 11 is 5.92. The van der Waals surface area contributed by atoms with Gasteiger partial charge < -0.3 is 15.2 Å². The molecule has 1 heterocycles. The number of hydrogen-bond acceptors (Lipinski definition) is 4. The van der Waals surface area contributed by atoms with Gasteiger partial charge in [0.2, 0.25) is 0 Å². The fourth-order valence-electron chi connectivity index (χ4n) is 1.68. The van der Waals surface area contributed by atoms with Crippen LogP contribution >= 0.6 is 11.6 Å². The van der Waals surface area contributed by atoms with Crippen molar-refractivity contribution in [3.8, 4) is 22.6 Å². The molecule has 0 aliphatic heterocycles. The van der Waals surface area contributed by atoms with Crippen LogP contribution in [0.3, 0.4) is 0 Å². The molecule has 0 aliphatic carbocycles. The summed E-state index contributed by atoms with van der Waals surface area (Å²) in [7, 11) is 3.17. The van der Waals surface area contributed by atoms with E-state index in [1.807, 2.05) is 18.2 Å². The second-order valence-electron chi connectivity index (χ2n) is 3.66. The molecule has 0 fully saturated rings. The third-order valence-electron chi connectivity index (χ3n) is 2.58. The van der Waals surface area contributed by atoms with Crippen LogP contribution < -0.4 is 15.2 Å². The molecule has 0 aliphatic rings. The number of nitrogens with zero attached hydrogens (tertiary/aromatic N) is 1. The zero-order valence-corrected chi connectivity index (χ0v) is 10.9. The Bertz CT molecular complexity index is 573. The van der Waals surface area contributed by atoms with Crippen LogP contribution in [0.4, 0.5) is 5.82 Å². The number of ether oxygens (including phenoxy) is 2. The standard InChI is InChI=1S/C13H13ClN2O2/c1-17-11-4-3-8(5-12(11)18-2)10-6-9(14)7-16-13(10)15/h3-7H,1-2H3,(H2,15,16). The minimum absolute atomic E-state index is 0.423. The van der Waals surface area contributed by atoms with E-state index in [1.165, 1.54) is 6.20 Å². The van der Waals surface area contributed by atoms with Gasteiger partial charge in [0.05, 0.1) is 19.2 Å². The molecule has 0 amide bonds. The SMILES string of the molecule is COc1ccc(-c2cc(Cl)cnc2N)cc1OC. The number of benzene rings is 1. The summed E-state index contributed by atoms with van der Waals surface area (Å²) in [5.41, 5.74) is 7.48. The fourth-order valence-corrected chi connectivity index (χ4v) is 1.84. The highest BCUT2D eigenvalue weighted by atomic mass is 35.5. The molecule has 4 nitrogen and oxygen atoms in total. The molecular formula is C13H13ClN2O2. The van der Waals surface area contributed by atoms with Crippen LogP contribution in [0.25, 0.3) is 11.1 Å². The number of nitrogens with two attached hydrogens (primary N) is 1. The zero-order valence-electron chi connectivity index (χ0n) is 10.1. The first-order chi connectivity index (χ1) is 8.65. The van der Waals surface area contributed by atoms with Gasteiger partial charge in [-0.15, -0.1) is 0 Å². The average molecular weight is 265 g/mol. The van der Waals surface area contributed by atoms with Crippen molar-refractivity contribution in [2.24, 2.45) is 0 Å². The predicted molar refractivity (Wildman–Crippen MR) is 72.2 cm³/mol. The van der Waals surface area contributed by atoms with Gasteiger partial charge in [0, 0.05) is 11.8 Å². The third kappa shape index (κ3) is 2.33. The zero-order chi connectivity index (χ0) is 13.1. The number of nitrogen functional groups attached to an aromatic ring is 1. The summed E-state index contributed by atoms with van der Waals surface area (Å²) in [5.74, 6) is 1.72. The van der Waals surface area contributed by atoms with E-state index in [4.69, 9.17) is 26.8 Å². The molecule has 0 saturated carbocycles. The number of aromatic nitrogens is 1. The van der Waals surface area contributed by atoms with Crippen molar-refractivity contribution in [3.05, 3.63) is 35.5 Å². The number of methoxy groups -OCH3 is 2. The quantitative estimate of drug-likeness (QED) is 0.926. The lowest BCUT2D eigenvalue weighted by Gasteiger charge is -2.10. The normalized spacial score (nSPS) is 10.2. The van der Waals surface area contributed by atoms with Crippen LogP contribution in [0.2, 0.25) is 5.02 Å². The van der Waals surface area contributed by atoms with Crippen molar-refractivity contribution in [2.75, 3.05) is 20.0 Å². The summed E-state index contributed by atoms with van der Waals surface area (Å²) in [5, 5.41) is 0.536. The molecule has 0 unspecified atom stereocenters. The fraction of sp³-hybridized carbons (Fsp3) is 0.154. The lowest BCUT2D eigenvalue weighted by atomic mass is 10.1. The highest BCUT2D eigenvalue weighted by Crippen LogP contribution is 2.34. The first kappa shape index (κ1) is 12.5. The van der Waals surface area contributed by atoms with Crippen LogP contribution in [-0.2, 0) is 0 Å². The number of hydrogen-bond donors (Lipinski definition) is 1. The Kier molecular flexibility index (Phi) is 3.58. The lowest BCUT2D eigenvalue weighted by molar-refractivity contribution is 0.355. The van der Waals surface area contributed by atoms with E-state index in [2.05, 4.69) is 4.98 Å². The summed E-state index contributed by atoms with van der Waals surface area (Å²) in [6, 6.07) is 7.30. The van der Waals surface area contributed by atoms with Crippen LogP contribution in [0.5, 0.6) is 11.5 Å². The average Bonchev–Trinajstić information content (AvgIpc) is 2.40. The first-order valence-electron chi connectivity index (χ1n) is 5.29. The minimum atomic E-state index is 0.423. The first-order valence-corrected chi connectivity index (χ1v) is 5.67. The van der Waals surface area contributed by atoms with Crippen LogP contribution in [0.15, 0.2) is 30.5 Å². The number of rotatable bonds is 3. The molecular weight excluding hydrogens is 252 g/mol. The molecule has 0 atom stereocenters. The van der Waals surface area contributed by atoms with Gasteiger partial charge in [-0.1, -0.05) is 17.7 Å². The van der Waals surface area contributed by atoms with Gasteiger partial charge in [0.1, 0.15) is 5.82 Å². The molecule has 94 valence electrons. The number of pyridine rings is 1. The van der Waals surface area contributed by atoms with E-state index in [0.29, 0.717) is 22.3 Å². The lowest BCUT2D eigenvalue weighted by Crippen LogP contribution is -1.95. The Labute approximate surface area is 110 Å². The van der Waals surface area contributed by atoms with Gasteiger partial charge in [0.25, 0.3) is 0 Å². The molecule has 2 rings (SSSR count). The number of anilines is 1. The predicted octanol–water partition coefficient (Wildman–Crippen LogP) is 3.00. The summed E-state index contributed by atoms with van der Waals surface area (Å²) in [4.78, 5) is 4.03. The van der Waals surface area contributed by atoms with E-state index in [0.717, 1.165) is 11.1 Å². The second kappa shape index (κ2) is 5.14. The van der Waals surface area contributed by atoms with Gasteiger partial charge in [0.15, 0.2) is 11.5 Å². The van der Waals surface area contributed by atoms with Crippen LogP contribution in [0, 0.1) is 0 Å². The summed E-state index contributed by atoms with van der Waals surface area (Å²) in [6.07, 6.45) is 1.52. The van der Waals surface area contributed by atoms with Crippen molar-refractivity contribution in [2.45, 2.75) is 0 Å². The van der Waals surface area contributed by atoms with Crippen molar-refractivity contribution in [1.82, 2.24) is 4.98 Å². The molecule has 1 aromatic heterocycles. The summed E-state index contributed by atoms with van der Waals surface area (Å²) in [6.45, 7) is 0. The smallest absolute Gasteiger partial charge is 0.161 e. The molecule has 1 aromatic carbocycles. The van der Waals surface area contributed by atoms with E-state index < -0.39 is 0 Å². The summed E-state index contributed by atoms with van der Waals surface area (Å²) < 4.78 is 10.4. The van der Waals surface area contributed by atoms with Gasteiger partial charge in [-0.3, -0.25) is 0 Å². The Balaban J connectivity index is 2.54. The Morgan fingerprint density at radius 1 is 1.11 bits per heavy atom. The largest absolute Gasteiger partial charge is 0.493 e. The molecule has 18 heavy (non-hydrogen) atoms. The van der Waals surface area contributed by atoms with Crippen molar-refractivity contribution in [1.29, 1.82) is 0 Å². The van der Waals surface area contributed by atoms with E-state index in [-0.39, 0.29) is 0 Å². The topological polar surface area (TPSA) is 57.4 Å². The Morgan fingerprint density at radius 3 is 2.50 bits per heavy atom. The van der Waals surface area contributed by atoms with E-state index in [1.54, 1.807) is 20.3 Å². The van der Waals surface area contributed by atoms with Gasteiger partial charge >= 0.3 is 0 Å². The van der Waals surface area contributed by atoms with E-state index in [9.17, 15) is 0 Å². The van der Waals surface area contributed by atoms with Gasteiger partial charge in [-0.2, -0.15) is 0 Å². The third-order valence-corrected chi connectivity index (χ3v) is 2.79. The molecule has 2 aromatic rings. The Morgan fingerprint density at radius 2 is 1.83 bits per heavy atom. The molecule has 0 saturated heterocycles. The highest BCUT2D eigenvalue weighted by molar-refractivity contribution is 6.30. The molecule has 0 bridgehead atoms. The second-order valence-corrected chi connectivity index (χ2v) is 4.09. The molecule has 0 spiro atoms. The number of halogens is 1. The molecule has 2 N–H and O–H groups in total. The highest BCUT2D eigenvalue weighted by Gasteiger charge is 2.09.